The van der Waals surface area contributed by atoms with Crippen molar-refractivity contribution in [2.24, 2.45) is 0 Å². The fourth-order valence-electron chi connectivity index (χ4n) is 1.57. The lowest BCUT2D eigenvalue weighted by molar-refractivity contribution is 0.415. The minimum Gasteiger partial charge on any atom is -0.497 e. The summed E-state index contributed by atoms with van der Waals surface area (Å²) in [6, 6.07) is 10.6. The maximum Gasteiger partial charge on any atom is 0.179 e. The average Bonchev–Trinajstić information content (AvgIpc) is 2.47. The second kappa shape index (κ2) is 5.03. The van der Waals surface area contributed by atoms with E-state index < -0.39 is 0 Å². The second-order valence-electron chi connectivity index (χ2n) is 3.61. The van der Waals surface area contributed by atoms with Gasteiger partial charge in [-0.15, -0.1) is 0 Å². The van der Waals surface area contributed by atoms with Crippen LogP contribution in [0.2, 0.25) is 0 Å². The number of rotatable bonds is 2. The van der Waals surface area contributed by atoms with E-state index in [1.165, 1.54) is 0 Å². The highest BCUT2D eigenvalue weighted by atomic mass is 16.5. The van der Waals surface area contributed by atoms with Crippen LogP contribution in [0, 0.1) is 22.7 Å². The molecule has 0 aliphatic rings. The molecule has 0 amide bonds. The molecule has 2 rings (SSSR count). The Kier molecular flexibility index (Phi) is 3.26. The quantitative estimate of drug-likeness (QED) is 0.865. The van der Waals surface area contributed by atoms with Gasteiger partial charge in [-0.3, -0.25) is 0 Å². The molecule has 92 valence electrons. The number of nitrogens with two attached hydrogens (primary N) is 1. The third kappa shape index (κ3) is 2.28. The zero-order chi connectivity index (χ0) is 13.8. The molecule has 6 nitrogen and oxygen atoms in total. The third-order valence-corrected chi connectivity index (χ3v) is 2.50. The molecule has 0 aliphatic carbocycles. The zero-order valence-electron chi connectivity index (χ0n) is 10.1. The van der Waals surface area contributed by atoms with Crippen molar-refractivity contribution in [1.29, 1.82) is 10.5 Å². The molecule has 2 N–H and O–H groups in total. The Morgan fingerprint density at radius 2 is 1.63 bits per heavy atom. The molecule has 0 fully saturated rings. The molecule has 0 radical (unpaired) electrons. The van der Waals surface area contributed by atoms with Gasteiger partial charge in [0.1, 0.15) is 23.6 Å². The number of nitrogens with zero attached hydrogens (tertiary/aromatic N) is 4. The van der Waals surface area contributed by atoms with Gasteiger partial charge < -0.3 is 10.5 Å². The molecule has 0 atom stereocenters. The summed E-state index contributed by atoms with van der Waals surface area (Å²) in [5.74, 6) is 0.810. The van der Waals surface area contributed by atoms with Gasteiger partial charge >= 0.3 is 0 Å². The van der Waals surface area contributed by atoms with Crippen molar-refractivity contribution in [3.8, 4) is 29.1 Å². The Balaban J connectivity index is 2.56. The SMILES string of the molecule is COc1ccc(-c2nc(C#N)c(C#N)nc2N)cc1. The Morgan fingerprint density at radius 3 is 2.16 bits per heavy atom. The minimum absolute atomic E-state index is 0.0393. The number of nitriles is 2. The van der Waals surface area contributed by atoms with Crippen LogP contribution >= 0.6 is 0 Å². The van der Waals surface area contributed by atoms with Crippen LogP contribution < -0.4 is 10.5 Å². The highest BCUT2D eigenvalue weighted by Crippen LogP contribution is 2.25. The summed E-state index contributed by atoms with van der Waals surface area (Å²) < 4.78 is 5.05. The van der Waals surface area contributed by atoms with Gasteiger partial charge in [0.2, 0.25) is 0 Å². The molecular weight excluding hydrogens is 242 g/mol. The van der Waals surface area contributed by atoms with Crippen molar-refractivity contribution < 1.29 is 4.74 Å². The maximum absolute atomic E-state index is 8.93. The van der Waals surface area contributed by atoms with E-state index in [4.69, 9.17) is 21.0 Å². The van der Waals surface area contributed by atoms with Gasteiger partial charge in [0, 0.05) is 5.56 Å². The van der Waals surface area contributed by atoms with Crippen molar-refractivity contribution in [2.75, 3.05) is 12.8 Å². The molecule has 19 heavy (non-hydrogen) atoms. The van der Waals surface area contributed by atoms with Gasteiger partial charge in [-0.05, 0) is 24.3 Å². The number of nitrogen functional groups attached to an aromatic ring is 1. The van der Waals surface area contributed by atoms with Gasteiger partial charge in [-0.2, -0.15) is 10.5 Å². The zero-order valence-corrected chi connectivity index (χ0v) is 10.1. The van der Waals surface area contributed by atoms with Crippen LogP contribution in [0.4, 0.5) is 5.82 Å². The number of hydrogen-bond acceptors (Lipinski definition) is 6. The lowest BCUT2D eigenvalue weighted by atomic mass is 10.1. The van der Waals surface area contributed by atoms with E-state index in [2.05, 4.69) is 9.97 Å². The van der Waals surface area contributed by atoms with Crippen LogP contribution in [0.15, 0.2) is 24.3 Å². The summed E-state index contributed by atoms with van der Waals surface area (Å²) in [7, 11) is 1.57. The van der Waals surface area contributed by atoms with E-state index in [0.29, 0.717) is 17.0 Å². The van der Waals surface area contributed by atoms with Crippen LogP contribution in [0.5, 0.6) is 5.75 Å². The first-order chi connectivity index (χ1) is 9.19. The number of aromatic nitrogens is 2. The van der Waals surface area contributed by atoms with Gasteiger partial charge in [0.15, 0.2) is 17.2 Å². The lowest BCUT2D eigenvalue weighted by Crippen LogP contribution is -2.03. The third-order valence-electron chi connectivity index (χ3n) is 2.50. The molecule has 0 unspecified atom stereocenters. The predicted octanol–water partition coefficient (Wildman–Crippen LogP) is 1.48. The molecule has 1 heterocycles. The Labute approximate surface area is 109 Å². The first-order valence-corrected chi connectivity index (χ1v) is 5.31. The van der Waals surface area contributed by atoms with E-state index >= 15 is 0 Å². The number of hydrogen-bond donors (Lipinski definition) is 1. The fourth-order valence-corrected chi connectivity index (χ4v) is 1.57. The van der Waals surface area contributed by atoms with Crippen molar-refractivity contribution in [1.82, 2.24) is 9.97 Å². The van der Waals surface area contributed by atoms with Crippen LogP contribution in [0.25, 0.3) is 11.3 Å². The van der Waals surface area contributed by atoms with E-state index in [1.54, 1.807) is 37.4 Å². The first kappa shape index (κ1) is 12.3. The molecule has 1 aromatic heterocycles. The second-order valence-corrected chi connectivity index (χ2v) is 3.61. The van der Waals surface area contributed by atoms with Gasteiger partial charge in [-0.1, -0.05) is 0 Å². The molecule has 0 bridgehead atoms. The summed E-state index contributed by atoms with van der Waals surface area (Å²) in [4.78, 5) is 7.96. The number of methoxy groups -OCH3 is 1. The molecule has 0 aliphatic heterocycles. The van der Waals surface area contributed by atoms with Crippen LogP contribution in [0.3, 0.4) is 0 Å². The van der Waals surface area contributed by atoms with E-state index in [9.17, 15) is 0 Å². The summed E-state index contributed by atoms with van der Waals surface area (Å²) >= 11 is 0. The Morgan fingerprint density at radius 1 is 1.05 bits per heavy atom. The average molecular weight is 251 g/mol. The van der Waals surface area contributed by atoms with Crippen LogP contribution in [0.1, 0.15) is 11.4 Å². The smallest absolute Gasteiger partial charge is 0.179 e. The number of ether oxygens (including phenoxy) is 1. The standard InChI is InChI=1S/C13H9N5O/c1-19-9-4-2-8(3-5-9)12-13(16)18-11(7-15)10(6-14)17-12/h2-5H,1H3,(H2,16,18). The van der Waals surface area contributed by atoms with Crippen molar-refractivity contribution in [3.63, 3.8) is 0 Å². The van der Waals surface area contributed by atoms with Crippen LogP contribution in [-0.4, -0.2) is 17.1 Å². The molecule has 0 saturated carbocycles. The normalized spacial score (nSPS) is 9.42. The molecule has 1 aromatic carbocycles. The van der Waals surface area contributed by atoms with E-state index in [1.807, 2.05) is 6.07 Å². The van der Waals surface area contributed by atoms with Crippen LogP contribution in [-0.2, 0) is 0 Å². The predicted molar refractivity (Wildman–Crippen MR) is 67.9 cm³/mol. The fraction of sp³-hybridized carbons (Fsp3) is 0.0769. The first-order valence-electron chi connectivity index (χ1n) is 5.31. The largest absolute Gasteiger partial charge is 0.497 e. The molecule has 0 saturated heterocycles. The molecule has 2 aromatic rings. The van der Waals surface area contributed by atoms with E-state index in [0.717, 1.165) is 0 Å². The van der Waals surface area contributed by atoms with Gasteiger partial charge in [0.25, 0.3) is 0 Å². The minimum atomic E-state index is -0.0720. The van der Waals surface area contributed by atoms with Crippen molar-refractivity contribution in [2.45, 2.75) is 0 Å². The Bertz CT molecular complexity index is 695. The van der Waals surface area contributed by atoms with Crippen molar-refractivity contribution >= 4 is 5.82 Å². The van der Waals surface area contributed by atoms with Crippen molar-refractivity contribution in [3.05, 3.63) is 35.7 Å². The highest BCUT2D eigenvalue weighted by Gasteiger charge is 2.12. The number of anilines is 1. The topological polar surface area (TPSA) is 109 Å². The number of benzene rings is 1. The monoisotopic (exact) mass is 251 g/mol. The van der Waals surface area contributed by atoms with Gasteiger partial charge in [-0.25, -0.2) is 9.97 Å². The Hall–Kier alpha value is -3.12. The molecule has 0 spiro atoms. The van der Waals surface area contributed by atoms with Gasteiger partial charge in [0.05, 0.1) is 7.11 Å². The summed E-state index contributed by atoms with van der Waals surface area (Å²) in [6.45, 7) is 0. The summed E-state index contributed by atoms with van der Waals surface area (Å²) in [5.41, 5.74) is 6.72. The van der Waals surface area contributed by atoms with E-state index in [-0.39, 0.29) is 17.2 Å². The summed E-state index contributed by atoms with van der Waals surface area (Å²) in [5, 5.41) is 17.8. The summed E-state index contributed by atoms with van der Waals surface area (Å²) in [6.07, 6.45) is 0. The molecule has 6 heteroatoms. The maximum atomic E-state index is 8.93. The lowest BCUT2D eigenvalue weighted by Gasteiger charge is -2.06. The molecular formula is C13H9N5O. The highest BCUT2D eigenvalue weighted by molar-refractivity contribution is 5.71.